The number of aliphatic hydroxyl groups excluding tert-OH is 1. The fraction of sp³-hybridized carbons (Fsp3) is 0.377. The van der Waals surface area contributed by atoms with Gasteiger partial charge in [-0.3, -0.25) is 24.1 Å². The predicted octanol–water partition coefficient (Wildman–Crippen LogP) is 7.87. The number of nitriles is 1. The fourth-order valence-corrected chi connectivity index (χ4v) is 9.89. The monoisotopic (exact) mass is 969 g/mol. The zero-order chi connectivity index (χ0) is 49.6. The number of rotatable bonds is 17. The smallest absolute Gasteiger partial charge is 0.259 e. The van der Waals surface area contributed by atoms with Crippen LogP contribution in [0.5, 0.6) is 5.75 Å². The van der Waals surface area contributed by atoms with E-state index < -0.39 is 41.0 Å². The van der Waals surface area contributed by atoms with Gasteiger partial charge in [0.1, 0.15) is 30.0 Å². The Morgan fingerprint density at radius 1 is 0.942 bits per heavy atom. The Morgan fingerprint density at radius 3 is 2.20 bits per heavy atom. The van der Waals surface area contributed by atoms with Crippen molar-refractivity contribution in [3.05, 3.63) is 119 Å². The molecule has 7 rings (SSSR count). The van der Waals surface area contributed by atoms with Crippen molar-refractivity contribution in [2.45, 2.75) is 98.0 Å². The van der Waals surface area contributed by atoms with Crippen LogP contribution in [0.25, 0.3) is 21.6 Å². The number of likely N-dealkylation sites (tertiary alicyclic amines) is 1. The van der Waals surface area contributed by atoms with Gasteiger partial charge in [0, 0.05) is 31.8 Å². The van der Waals surface area contributed by atoms with Gasteiger partial charge in [-0.25, -0.2) is 4.98 Å². The number of thiazole rings is 1. The maximum atomic E-state index is 14.0. The van der Waals surface area contributed by atoms with Crippen LogP contribution < -0.4 is 25.2 Å². The summed E-state index contributed by atoms with van der Waals surface area (Å²) >= 11 is 7.43. The lowest BCUT2D eigenvalue weighted by atomic mass is 9.85. The van der Waals surface area contributed by atoms with Crippen molar-refractivity contribution in [2.75, 3.05) is 36.2 Å². The van der Waals surface area contributed by atoms with Gasteiger partial charge >= 0.3 is 0 Å². The highest BCUT2D eigenvalue weighted by molar-refractivity contribution is 7.81. The van der Waals surface area contributed by atoms with Crippen LogP contribution in [0, 0.1) is 30.6 Å². The summed E-state index contributed by atoms with van der Waals surface area (Å²) in [7, 11) is 0. The number of β-amino-alcohol motifs (C(OH)–C–C–N with tert-alkyl or cyclic N) is 1. The van der Waals surface area contributed by atoms with E-state index in [1.165, 1.54) is 9.80 Å². The molecule has 4 aromatic carbocycles. The van der Waals surface area contributed by atoms with Crippen molar-refractivity contribution < 1.29 is 33.8 Å². The molecule has 2 saturated heterocycles. The molecule has 4 amide bonds. The van der Waals surface area contributed by atoms with Gasteiger partial charge in [0.15, 0.2) is 5.11 Å². The lowest BCUT2D eigenvalue weighted by molar-refractivity contribution is -0.144. The Hall–Kier alpha value is -6.51. The molecule has 0 aliphatic carbocycles. The molecule has 16 heteroatoms. The number of carbonyl (C=O) groups excluding carboxylic acids is 4. The predicted molar refractivity (Wildman–Crippen MR) is 272 cm³/mol. The molecule has 0 bridgehead atoms. The second-order valence-corrected chi connectivity index (χ2v) is 20.3. The van der Waals surface area contributed by atoms with E-state index in [2.05, 4.69) is 21.7 Å². The Labute approximate surface area is 413 Å². The van der Waals surface area contributed by atoms with Crippen LogP contribution in [0.3, 0.4) is 0 Å². The first-order valence-corrected chi connectivity index (χ1v) is 24.3. The standard InChI is InChI=1S/C53H59N7O7S2/c1-33-26-41(21-16-39(33)28-54)59-50(65)53(6,7)60(51(59)68)40-19-14-36(15-20-40)37-17-22-43(23-18-37)67-25-9-8-24-66-31-45(62)57-47(52(3,4)5)49(64)58-30-42(61)27-44(58)48(63)55-29-35-10-12-38(13-11-35)46-34(2)56-32-69-46/h10-23,26,32,42,44,47,61H,8-9,24-25,27,29-31H2,1-7H3,(H,55,63)(H,57,62)/t42-,44+,47-/m1/s1. The number of aryl methyl sites for hydroxylation is 2. The van der Waals surface area contributed by atoms with E-state index in [0.29, 0.717) is 48.2 Å². The third-order valence-corrected chi connectivity index (χ3v) is 13.8. The number of nitrogens with zero attached hydrogens (tertiary/aromatic N) is 5. The zero-order valence-corrected chi connectivity index (χ0v) is 41.7. The van der Waals surface area contributed by atoms with E-state index in [1.807, 2.05) is 138 Å². The number of nitrogens with one attached hydrogen (secondary N) is 2. The molecule has 69 heavy (non-hydrogen) atoms. The number of amides is 4. The van der Waals surface area contributed by atoms with Crippen LogP contribution in [-0.2, 0) is 30.5 Å². The molecule has 1 aromatic heterocycles. The summed E-state index contributed by atoms with van der Waals surface area (Å²) in [4.78, 5) is 64.4. The molecule has 0 spiro atoms. The van der Waals surface area contributed by atoms with Crippen molar-refractivity contribution >= 4 is 63.7 Å². The molecule has 2 fully saturated rings. The fourth-order valence-electron chi connectivity index (χ4n) is 8.56. The van der Waals surface area contributed by atoms with E-state index >= 15 is 0 Å². The highest BCUT2D eigenvalue weighted by Gasteiger charge is 2.50. The number of hydrogen-bond donors (Lipinski definition) is 3. The van der Waals surface area contributed by atoms with Gasteiger partial charge < -0.3 is 35.0 Å². The largest absolute Gasteiger partial charge is 0.494 e. The molecule has 2 aliphatic rings. The van der Waals surface area contributed by atoms with Crippen LogP contribution in [-0.4, -0.2) is 93.8 Å². The molecule has 14 nitrogen and oxygen atoms in total. The summed E-state index contributed by atoms with van der Waals surface area (Å²) in [5.41, 5.74) is 7.81. The third-order valence-electron chi connectivity index (χ3n) is 12.5. The summed E-state index contributed by atoms with van der Waals surface area (Å²) in [6.07, 6.45) is 0.559. The maximum Gasteiger partial charge on any atom is 0.259 e. The van der Waals surface area contributed by atoms with Gasteiger partial charge in [-0.1, -0.05) is 69.3 Å². The van der Waals surface area contributed by atoms with Crippen molar-refractivity contribution in [1.82, 2.24) is 20.5 Å². The van der Waals surface area contributed by atoms with Crippen LogP contribution in [0.2, 0.25) is 0 Å². The number of benzene rings is 4. The lowest BCUT2D eigenvalue weighted by Crippen LogP contribution is -2.58. The number of ether oxygens (including phenoxy) is 2. The first kappa shape index (κ1) is 50.4. The van der Waals surface area contributed by atoms with Crippen LogP contribution in [0.15, 0.2) is 96.5 Å². The molecule has 2 aliphatic heterocycles. The average molecular weight is 970 g/mol. The molecular weight excluding hydrogens is 911 g/mol. The molecule has 5 aromatic rings. The van der Waals surface area contributed by atoms with Gasteiger partial charge in [-0.05, 0) is 128 Å². The molecule has 3 heterocycles. The zero-order valence-electron chi connectivity index (χ0n) is 40.1. The number of thiocarbonyl (C=S) groups is 1. The van der Waals surface area contributed by atoms with Crippen LogP contribution in [0.1, 0.15) is 76.3 Å². The summed E-state index contributed by atoms with van der Waals surface area (Å²) < 4.78 is 11.7. The Morgan fingerprint density at radius 2 is 1.58 bits per heavy atom. The second-order valence-electron chi connectivity index (χ2n) is 19.1. The average Bonchev–Trinajstić information content (AvgIpc) is 3.99. The van der Waals surface area contributed by atoms with Gasteiger partial charge in [0.05, 0.1) is 46.1 Å². The lowest BCUT2D eigenvalue weighted by Gasteiger charge is -2.35. The first-order valence-electron chi connectivity index (χ1n) is 23.0. The number of unbranched alkanes of at least 4 members (excludes halogenated alkanes) is 1. The minimum absolute atomic E-state index is 0.0134. The van der Waals surface area contributed by atoms with Crippen molar-refractivity contribution in [3.63, 3.8) is 0 Å². The quantitative estimate of drug-likeness (QED) is 0.0611. The van der Waals surface area contributed by atoms with Gasteiger partial charge in [0.25, 0.3) is 5.91 Å². The topological polar surface area (TPSA) is 177 Å². The SMILES string of the molecule is Cc1cc(N2C(=O)C(C)(C)N(c3ccc(-c4ccc(OCCCCOCC(=O)N[C@H](C(=O)N5C[C@H](O)C[C@H]5C(=O)NCc5ccc(-c6scnc6C)cc5)C(C)(C)C)cc4)cc3)C2=S)ccc1C#N. The third kappa shape index (κ3) is 11.5. The molecule has 3 N–H and O–H groups in total. The number of carbonyl (C=O) groups is 4. The summed E-state index contributed by atoms with van der Waals surface area (Å²) in [6, 6.07) is 29.1. The molecule has 0 radical (unpaired) electrons. The molecule has 0 unspecified atom stereocenters. The summed E-state index contributed by atoms with van der Waals surface area (Å²) in [6.45, 7) is 13.8. The van der Waals surface area contributed by atoms with E-state index in [1.54, 1.807) is 23.5 Å². The van der Waals surface area contributed by atoms with Gasteiger partial charge in [-0.15, -0.1) is 11.3 Å². The van der Waals surface area contributed by atoms with Crippen LogP contribution >= 0.6 is 23.6 Å². The summed E-state index contributed by atoms with van der Waals surface area (Å²) in [5, 5.41) is 26.1. The maximum absolute atomic E-state index is 14.0. The van der Waals surface area contributed by atoms with Crippen molar-refractivity contribution in [3.8, 4) is 33.4 Å². The highest BCUT2D eigenvalue weighted by Crippen LogP contribution is 2.38. The molecule has 3 atom stereocenters. The summed E-state index contributed by atoms with van der Waals surface area (Å²) in [5.74, 6) is -0.690. The molecule has 0 saturated carbocycles. The van der Waals surface area contributed by atoms with E-state index in [-0.39, 0.29) is 37.9 Å². The van der Waals surface area contributed by atoms with E-state index in [9.17, 15) is 29.5 Å². The van der Waals surface area contributed by atoms with E-state index in [0.717, 1.165) is 44.1 Å². The second kappa shape index (κ2) is 21.4. The Bertz CT molecular complexity index is 2730. The number of aromatic nitrogens is 1. The Kier molecular flexibility index (Phi) is 15.6. The minimum atomic E-state index is -0.956. The van der Waals surface area contributed by atoms with Crippen LogP contribution in [0.4, 0.5) is 11.4 Å². The van der Waals surface area contributed by atoms with Crippen molar-refractivity contribution in [1.29, 1.82) is 5.26 Å². The Balaban J connectivity index is 0.831. The molecular formula is C53H59N7O7S2. The highest BCUT2D eigenvalue weighted by atomic mass is 32.1. The number of anilines is 2. The first-order chi connectivity index (χ1) is 32.9. The number of hydrogen-bond acceptors (Lipinski definition) is 11. The van der Waals surface area contributed by atoms with E-state index in [4.69, 9.17) is 21.7 Å². The minimum Gasteiger partial charge on any atom is -0.494 e. The molecule has 360 valence electrons. The normalized spacial score (nSPS) is 17.2. The van der Waals surface area contributed by atoms with Gasteiger partial charge in [-0.2, -0.15) is 5.26 Å². The van der Waals surface area contributed by atoms with Crippen molar-refractivity contribution in [2.24, 2.45) is 5.41 Å². The number of aliphatic hydroxyl groups is 1. The van der Waals surface area contributed by atoms with Gasteiger partial charge in [0.2, 0.25) is 17.7 Å².